The van der Waals surface area contributed by atoms with Crippen LogP contribution in [0, 0.1) is 6.92 Å². The number of aromatic nitrogens is 3. The highest BCUT2D eigenvalue weighted by Gasteiger charge is 2.35. The van der Waals surface area contributed by atoms with Crippen molar-refractivity contribution in [1.29, 1.82) is 0 Å². The second-order valence-electron chi connectivity index (χ2n) is 6.33. The lowest BCUT2D eigenvalue weighted by Crippen LogP contribution is -2.25. The molecule has 1 amide bonds. The molecule has 0 saturated heterocycles. The van der Waals surface area contributed by atoms with Crippen molar-refractivity contribution in [1.82, 2.24) is 19.4 Å². The van der Waals surface area contributed by atoms with Crippen molar-refractivity contribution in [2.75, 3.05) is 19.4 Å². The average Bonchev–Trinajstić information content (AvgIpc) is 2.99. The Kier molecular flexibility index (Phi) is 4.77. The number of hydrogen-bond donors (Lipinski definition) is 1. The molecule has 9 heteroatoms. The lowest BCUT2D eigenvalue weighted by atomic mass is 10.1. The average molecular weight is 377 g/mol. The van der Waals surface area contributed by atoms with Gasteiger partial charge in [-0.25, -0.2) is 4.98 Å². The number of likely N-dealkylation sites (N-methyl/N-ethyl adjacent to an activating group) is 1. The van der Waals surface area contributed by atoms with Gasteiger partial charge >= 0.3 is 6.18 Å². The molecule has 6 nitrogen and oxygen atoms in total. The molecule has 0 fully saturated rings. The molecule has 0 bridgehead atoms. The van der Waals surface area contributed by atoms with Crippen molar-refractivity contribution in [3.63, 3.8) is 0 Å². The second-order valence-corrected chi connectivity index (χ2v) is 6.33. The van der Waals surface area contributed by atoms with Crippen LogP contribution in [0.15, 0.2) is 36.9 Å². The summed E-state index contributed by atoms with van der Waals surface area (Å²) >= 11 is 0. The Morgan fingerprint density at radius 3 is 2.67 bits per heavy atom. The number of fused-ring (bicyclic) bond motifs is 1. The van der Waals surface area contributed by atoms with Crippen LogP contribution in [0.25, 0.3) is 10.9 Å². The van der Waals surface area contributed by atoms with Crippen molar-refractivity contribution >= 4 is 28.3 Å². The summed E-state index contributed by atoms with van der Waals surface area (Å²) in [6, 6.07) is 3.44. The molecule has 0 unspecified atom stereocenters. The van der Waals surface area contributed by atoms with Gasteiger partial charge in [-0.2, -0.15) is 13.2 Å². The monoisotopic (exact) mass is 377 g/mol. The van der Waals surface area contributed by atoms with Gasteiger partial charge in [-0.15, -0.1) is 0 Å². The Morgan fingerprint density at radius 1 is 1.26 bits per heavy atom. The molecule has 3 rings (SSSR count). The Labute approximate surface area is 153 Å². The summed E-state index contributed by atoms with van der Waals surface area (Å²) in [5.74, 6) is 0.187. The van der Waals surface area contributed by atoms with Crippen LogP contribution >= 0.6 is 0 Å². The summed E-state index contributed by atoms with van der Waals surface area (Å²) in [5.41, 5.74) is 0.104. The first-order valence-corrected chi connectivity index (χ1v) is 8.11. The molecular formula is C18H18F3N5O. The highest BCUT2D eigenvalue weighted by atomic mass is 19.4. The number of nitrogens with one attached hydrogen (secondary N) is 1. The van der Waals surface area contributed by atoms with Crippen molar-refractivity contribution in [3.8, 4) is 0 Å². The standard InChI is InChI=1S/C18H18F3N5O/c1-11-8-22-9-13(18(19,20)21)16(11)24-17-12-5-7-26(10-15(27)25(2)3)14(12)4-6-23-17/h4-9H,10H2,1-3H3,(H,22,23,24). The van der Waals surface area contributed by atoms with E-state index < -0.39 is 11.7 Å². The van der Waals surface area contributed by atoms with E-state index in [2.05, 4.69) is 15.3 Å². The van der Waals surface area contributed by atoms with Gasteiger partial charge in [-0.3, -0.25) is 9.78 Å². The normalized spacial score (nSPS) is 11.6. The number of pyridine rings is 2. The van der Waals surface area contributed by atoms with Crippen LogP contribution in [-0.4, -0.2) is 39.4 Å². The Balaban J connectivity index is 2.03. The predicted octanol–water partition coefficient (Wildman–Crippen LogP) is 3.59. The zero-order chi connectivity index (χ0) is 19.8. The Bertz CT molecular complexity index is 994. The first kappa shape index (κ1) is 18.7. The van der Waals surface area contributed by atoms with Crippen LogP contribution < -0.4 is 5.32 Å². The predicted molar refractivity (Wildman–Crippen MR) is 95.7 cm³/mol. The maximum Gasteiger partial charge on any atom is 0.419 e. The lowest BCUT2D eigenvalue weighted by Gasteiger charge is -2.16. The van der Waals surface area contributed by atoms with Crippen molar-refractivity contribution in [3.05, 3.63) is 48.0 Å². The topological polar surface area (TPSA) is 63.1 Å². The minimum Gasteiger partial charge on any atom is -0.347 e. The third-order valence-electron chi connectivity index (χ3n) is 4.19. The number of nitrogens with zero attached hydrogens (tertiary/aromatic N) is 4. The van der Waals surface area contributed by atoms with Gasteiger partial charge in [0.05, 0.1) is 16.8 Å². The minimum atomic E-state index is -4.54. The van der Waals surface area contributed by atoms with E-state index in [1.165, 1.54) is 17.3 Å². The third-order valence-corrected chi connectivity index (χ3v) is 4.19. The van der Waals surface area contributed by atoms with Gasteiger partial charge in [-0.05, 0) is 24.6 Å². The van der Waals surface area contributed by atoms with E-state index in [0.717, 1.165) is 6.20 Å². The number of carbonyl (C=O) groups is 1. The number of halogens is 3. The van der Waals surface area contributed by atoms with E-state index in [4.69, 9.17) is 0 Å². The Hall–Kier alpha value is -3.10. The van der Waals surface area contributed by atoms with E-state index in [-0.39, 0.29) is 24.0 Å². The number of alkyl halides is 3. The van der Waals surface area contributed by atoms with Crippen molar-refractivity contribution in [2.45, 2.75) is 19.6 Å². The molecule has 3 aromatic heterocycles. The lowest BCUT2D eigenvalue weighted by molar-refractivity contribution is -0.137. The van der Waals surface area contributed by atoms with Crippen LogP contribution in [0.1, 0.15) is 11.1 Å². The van der Waals surface area contributed by atoms with Gasteiger partial charge in [0, 0.05) is 44.3 Å². The molecule has 3 heterocycles. The Morgan fingerprint density at radius 2 is 2.00 bits per heavy atom. The van der Waals surface area contributed by atoms with E-state index in [1.54, 1.807) is 43.9 Å². The molecule has 0 aliphatic heterocycles. The molecular weight excluding hydrogens is 359 g/mol. The van der Waals surface area contributed by atoms with Crippen LogP contribution in [0.2, 0.25) is 0 Å². The molecule has 0 saturated carbocycles. The molecule has 1 N–H and O–H groups in total. The largest absolute Gasteiger partial charge is 0.419 e. The van der Waals surface area contributed by atoms with Crippen molar-refractivity contribution in [2.24, 2.45) is 0 Å². The quantitative estimate of drug-likeness (QED) is 0.755. The van der Waals surface area contributed by atoms with Crippen LogP contribution in [-0.2, 0) is 17.5 Å². The zero-order valence-corrected chi connectivity index (χ0v) is 15.0. The highest BCUT2D eigenvalue weighted by Crippen LogP contribution is 2.37. The SMILES string of the molecule is Cc1cncc(C(F)(F)F)c1Nc1nccc2c1ccn2CC(=O)N(C)C. The van der Waals surface area contributed by atoms with E-state index in [0.29, 0.717) is 16.5 Å². The smallest absolute Gasteiger partial charge is 0.347 e. The zero-order valence-electron chi connectivity index (χ0n) is 15.0. The van der Waals surface area contributed by atoms with Gasteiger partial charge < -0.3 is 14.8 Å². The van der Waals surface area contributed by atoms with E-state index >= 15 is 0 Å². The molecule has 142 valence electrons. The number of amides is 1. The third kappa shape index (κ3) is 3.71. The first-order chi connectivity index (χ1) is 12.7. The first-order valence-electron chi connectivity index (χ1n) is 8.11. The number of aryl methyl sites for hydroxylation is 1. The molecule has 0 aromatic carbocycles. The van der Waals surface area contributed by atoms with Gasteiger partial charge in [0.25, 0.3) is 0 Å². The van der Waals surface area contributed by atoms with E-state index in [1.807, 2.05) is 0 Å². The maximum atomic E-state index is 13.3. The molecule has 3 aromatic rings. The summed E-state index contributed by atoms with van der Waals surface area (Å²) in [6.45, 7) is 1.67. The molecule has 0 spiro atoms. The summed E-state index contributed by atoms with van der Waals surface area (Å²) < 4.78 is 41.7. The molecule has 0 aliphatic carbocycles. The maximum absolute atomic E-state index is 13.3. The van der Waals surface area contributed by atoms with Crippen molar-refractivity contribution < 1.29 is 18.0 Å². The summed E-state index contributed by atoms with van der Waals surface area (Å²) in [6.07, 6.45) is 0.808. The number of anilines is 2. The fourth-order valence-electron chi connectivity index (χ4n) is 2.71. The van der Waals surface area contributed by atoms with Crippen LogP contribution in [0.5, 0.6) is 0 Å². The number of rotatable bonds is 4. The highest BCUT2D eigenvalue weighted by molar-refractivity contribution is 5.93. The second kappa shape index (κ2) is 6.90. The fourth-order valence-corrected chi connectivity index (χ4v) is 2.71. The van der Waals surface area contributed by atoms with Gasteiger partial charge in [-0.1, -0.05) is 0 Å². The van der Waals surface area contributed by atoms with Gasteiger partial charge in [0.1, 0.15) is 12.4 Å². The summed E-state index contributed by atoms with van der Waals surface area (Å²) in [5, 5.41) is 3.42. The molecule has 27 heavy (non-hydrogen) atoms. The van der Waals surface area contributed by atoms with Crippen LogP contribution in [0.4, 0.5) is 24.7 Å². The minimum absolute atomic E-state index is 0.0883. The van der Waals surface area contributed by atoms with Gasteiger partial charge in [0.15, 0.2) is 0 Å². The fraction of sp³-hybridized carbons (Fsp3) is 0.278. The van der Waals surface area contributed by atoms with E-state index in [9.17, 15) is 18.0 Å². The summed E-state index contributed by atoms with van der Waals surface area (Å²) in [7, 11) is 3.32. The number of carbonyl (C=O) groups excluding carboxylic acids is 1. The van der Waals surface area contributed by atoms with Crippen LogP contribution in [0.3, 0.4) is 0 Å². The molecule has 0 aliphatic rings. The van der Waals surface area contributed by atoms with Gasteiger partial charge in [0.2, 0.25) is 5.91 Å². The summed E-state index contributed by atoms with van der Waals surface area (Å²) in [4.78, 5) is 21.3. The molecule has 0 atom stereocenters. The molecule has 0 radical (unpaired) electrons. The number of hydrogen-bond acceptors (Lipinski definition) is 4.